The van der Waals surface area contributed by atoms with Crippen molar-refractivity contribution in [3.05, 3.63) is 104 Å². The summed E-state index contributed by atoms with van der Waals surface area (Å²) in [6.07, 6.45) is 10.9. The van der Waals surface area contributed by atoms with Gasteiger partial charge in [-0.1, -0.05) is 73.5 Å². The van der Waals surface area contributed by atoms with E-state index in [1.54, 1.807) is 0 Å². The smallest absolute Gasteiger partial charge is 0.112 e. The summed E-state index contributed by atoms with van der Waals surface area (Å²) in [4.78, 5) is 0. The summed E-state index contributed by atoms with van der Waals surface area (Å²) in [6, 6.07) is 33.7. The van der Waals surface area contributed by atoms with Crippen LogP contribution in [0.3, 0.4) is 0 Å². The van der Waals surface area contributed by atoms with Gasteiger partial charge in [-0.2, -0.15) is 0 Å². The predicted molar refractivity (Wildman–Crippen MR) is 128 cm³/mol. The van der Waals surface area contributed by atoms with E-state index in [0.717, 1.165) is 6.42 Å². The van der Waals surface area contributed by atoms with Crippen molar-refractivity contribution >= 4 is 23.2 Å². The van der Waals surface area contributed by atoms with E-state index in [4.69, 9.17) is 0 Å². The predicted octanol–water partition coefficient (Wildman–Crippen LogP) is 3.51. The van der Waals surface area contributed by atoms with Crippen LogP contribution in [0.25, 0.3) is 0 Å². The van der Waals surface area contributed by atoms with Gasteiger partial charge in [0.25, 0.3) is 0 Å². The molecule has 0 nitrogen and oxygen atoms in total. The van der Waals surface area contributed by atoms with Crippen LogP contribution in [0.2, 0.25) is 0 Å². The fourth-order valence-corrected chi connectivity index (χ4v) is 8.46. The molecule has 0 radical (unpaired) electrons. The van der Waals surface area contributed by atoms with E-state index in [-0.39, 0.29) is 17.0 Å². The van der Waals surface area contributed by atoms with E-state index in [0.29, 0.717) is 0 Å². The number of benzene rings is 3. The highest BCUT2D eigenvalue weighted by Crippen LogP contribution is 2.55. The maximum atomic E-state index is 3.83. The lowest BCUT2D eigenvalue weighted by molar-refractivity contribution is -0.00000556. The highest BCUT2D eigenvalue weighted by molar-refractivity contribution is 7.95. The summed E-state index contributed by atoms with van der Waals surface area (Å²) < 4.78 is 0. The standard InChI is InChI=1S/C27H32P.BrH/c1-2-3-4-5-6-7-17-24-28(25-18-11-8-12-19-25,26-20-13-9-14-21-26)27-22-15-10-16-23-27;/h2,8-16,18-23H,1,3-7,17,24H2;1H/q+1;/p-1. The molecule has 0 bridgehead atoms. The monoisotopic (exact) mass is 466 g/mol. The molecule has 0 unspecified atom stereocenters. The van der Waals surface area contributed by atoms with Gasteiger partial charge >= 0.3 is 0 Å². The molecule has 0 aliphatic heterocycles. The highest BCUT2D eigenvalue weighted by atomic mass is 79.9. The van der Waals surface area contributed by atoms with Crippen LogP contribution in [0.5, 0.6) is 0 Å². The van der Waals surface area contributed by atoms with E-state index >= 15 is 0 Å². The summed E-state index contributed by atoms with van der Waals surface area (Å²) in [6.45, 7) is 3.83. The molecule has 0 amide bonds. The van der Waals surface area contributed by atoms with Crippen molar-refractivity contribution in [2.24, 2.45) is 0 Å². The fourth-order valence-electron chi connectivity index (χ4n) is 4.05. The van der Waals surface area contributed by atoms with Gasteiger partial charge in [0, 0.05) is 0 Å². The average Bonchev–Trinajstić information content (AvgIpc) is 2.78. The molecule has 0 aromatic heterocycles. The van der Waals surface area contributed by atoms with Crippen LogP contribution in [0.4, 0.5) is 0 Å². The number of unbranched alkanes of at least 4 members (excludes halogenated alkanes) is 5. The Morgan fingerprint density at radius 3 is 1.34 bits per heavy atom. The van der Waals surface area contributed by atoms with Gasteiger partial charge in [-0.25, -0.2) is 0 Å². The van der Waals surface area contributed by atoms with Crippen molar-refractivity contribution in [1.82, 2.24) is 0 Å². The first-order valence-corrected chi connectivity index (χ1v) is 12.5. The highest BCUT2D eigenvalue weighted by Gasteiger charge is 2.44. The molecule has 0 spiro atoms. The van der Waals surface area contributed by atoms with E-state index in [2.05, 4.69) is 97.6 Å². The Bertz CT molecular complexity index is 718. The molecule has 152 valence electrons. The topological polar surface area (TPSA) is 0 Å². The molecule has 0 aliphatic carbocycles. The summed E-state index contributed by atoms with van der Waals surface area (Å²) in [7, 11) is -1.63. The van der Waals surface area contributed by atoms with Crippen LogP contribution in [0.15, 0.2) is 104 Å². The van der Waals surface area contributed by atoms with Crippen molar-refractivity contribution in [2.45, 2.75) is 38.5 Å². The number of allylic oxidation sites excluding steroid dienone is 1. The van der Waals surface area contributed by atoms with E-state index in [1.807, 2.05) is 6.08 Å². The molecule has 0 N–H and O–H groups in total. The first kappa shape index (κ1) is 23.6. The third-order valence-corrected chi connectivity index (χ3v) is 10.0. The molecule has 2 heteroatoms. The van der Waals surface area contributed by atoms with Crippen molar-refractivity contribution in [2.75, 3.05) is 6.16 Å². The van der Waals surface area contributed by atoms with Crippen LogP contribution in [-0.2, 0) is 0 Å². The Kier molecular flexibility index (Phi) is 10.4. The largest absolute Gasteiger partial charge is 1.00 e. The minimum atomic E-state index is -1.63. The summed E-state index contributed by atoms with van der Waals surface area (Å²) in [5, 5.41) is 4.50. The van der Waals surface area contributed by atoms with E-state index in [9.17, 15) is 0 Å². The van der Waals surface area contributed by atoms with Gasteiger partial charge in [-0.3, -0.25) is 0 Å². The third-order valence-electron chi connectivity index (χ3n) is 5.49. The Morgan fingerprint density at radius 2 is 0.931 bits per heavy atom. The van der Waals surface area contributed by atoms with Crippen LogP contribution in [-0.4, -0.2) is 6.16 Å². The molecular weight excluding hydrogens is 435 g/mol. The minimum absolute atomic E-state index is 0. The summed E-state index contributed by atoms with van der Waals surface area (Å²) in [5.41, 5.74) is 0. The van der Waals surface area contributed by atoms with Crippen molar-refractivity contribution < 1.29 is 17.0 Å². The maximum absolute atomic E-state index is 3.83. The second-order valence-electron chi connectivity index (χ2n) is 7.39. The molecular formula is C27H32BrP. The zero-order valence-corrected chi connectivity index (χ0v) is 19.7. The second-order valence-corrected chi connectivity index (χ2v) is 11.0. The zero-order chi connectivity index (χ0) is 19.5. The van der Waals surface area contributed by atoms with Gasteiger partial charge < -0.3 is 17.0 Å². The van der Waals surface area contributed by atoms with E-state index < -0.39 is 7.26 Å². The minimum Gasteiger partial charge on any atom is -1.00 e. The average molecular weight is 467 g/mol. The molecule has 3 aromatic rings. The van der Waals surface area contributed by atoms with Crippen molar-refractivity contribution in [1.29, 1.82) is 0 Å². The molecule has 0 saturated heterocycles. The van der Waals surface area contributed by atoms with Crippen molar-refractivity contribution in [3.63, 3.8) is 0 Å². The second kappa shape index (κ2) is 12.8. The SMILES string of the molecule is C=CCCCCCCC[P+](c1ccccc1)(c1ccccc1)c1ccccc1.[Br-]. The molecule has 3 rings (SSSR count). The lowest BCUT2D eigenvalue weighted by Crippen LogP contribution is -3.00. The van der Waals surface area contributed by atoms with Gasteiger partial charge in [0.2, 0.25) is 0 Å². The first-order valence-electron chi connectivity index (χ1n) is 10.5. The van der Waals surface area contributed by atoms with E-state index in [1.165, 1.54) is 54.2 Å². The Morgan fingerprint density at radius 1 is 0.552 bits per heavy atom. The molecule has 0 atom stereocenters. The van der Waals surface area contributed by atoms with Gasteiger partial charge in [-0.15, -0.1) is 6.58 Å². The van der Waals surface area contributed by atoms with Crippen LogP contribution < -0.4 is 32.9 Å². The lowest BCUT2D eigenvalue weighted by Gasteiger charge is -2.27. The normalized spacial score (nSPS) is 10.9. The summed E-state index contributed by atoms with van der Waals surface area (Å²) in [5.74, 6) is 0. The molecule has 0 heterocycles. The van der Waals surface area contributed by atoms with Crippen LogP contribution in [0, 0.1) is 0 Å². The van der Waals surface area contributed by atoms with Crippen LogP contribution >= 0.6 is 7.26 Å². The molecule has 0 aliphatic rings. The quantitative estimate of drug-likeness (QED) is 0.230. The molecule has 0 fully saturated rings. The van der Waals surface area contributed by atoms with Crippen LogP contribution in [0.1, 0.15) is 38.5 Å². The lowest BCUT2D eigenvalue weighted by atomic mass is 10.1. The zero-order valence-electron chi connectivity index (χ0n) is 17.2. The fraction of sp³-hybridized carbons (Fsp3) is 0.259. The number of rotatable bonds is 11. The number of hydrogen-bond donors (Lipinski definition) is 0. The van der Waals surface area contributed by atoms with Gasteiger partial charge in [0.05, 0.1) is 6.16 Å². The first-order chi connectivity index (χ1) is 13.9. The van der Waals surface area contributed by atoms with Gasteiger partial charge in [0.1, 0.15) is 23.2 Å². The Labute approximate surface area is 188 Å². The van der Waals surface area contributed by atoms with Gasteiger partial charge in [-0.05, 0) is 62.1 Å². The summed E-state index contributed by atoms with van der Waals surface area (Å²) >= 11 is 0. The number of hydrogen-bond acceptors (Lipinski definition) is 0. The van der Waals surface area contributed by atoms with Gasteiger partial charge in [0.15, 0.2) is 0 Å². The molecule has 3 aromatic carbocycles. The molecule has 29 heavy (non-hydrogen) atoms. The third kappa shape index (κ3) is 6.14. The number of halogens is 1. The Hall–Kier alpha value is -1.69. The maximum Gasteiger partial charge on any atom is 0.112 e. The van der Waals surface area contributed by atoms with Crippen molar-refractivity contribution in [3.8, 4) is 0 Å². The Balaban J connectivity index is 0.00000300. The molecule has 0 saturated carbocycles.